The molecule has 4 rings (SSSR count). The number of thiophene rings is 1. The Kier molecular flexibility index (Phi) is 5.43. The van der Waals surface area contributed by atoms with Crippen LogP contribution in [0.1, 0.15) is 58.9 Å². The number of amides is 2. The van der Waals surface area contributed by atoms with E-state index in [1.165, 1.54) is 11.3 Å². The van der Waals surface area contributed by atoms with Crippen LogP contribution in [0.25, 0.3) is 5.65 Å². The van der Waals surface area contributed by atoms with E-state index < -0.39 is 0 Å². The number of nitrogens with zero attached hydrogens (tertiary/aromatic N) is 3. The number of likely N-dealkylation sites (tertiary alicyclic amines) is 1. The molecule has 1 fully saturated rings. The Bertz CT molecular complexity index is 993. The molecule has 0 bridgehead atoms. The van der Waals surface area contributed by atoms with Crippen molar-refractivity contribution in [3.05, 3.63) is 58.2 Å². The van der Waals surface area contributed by atoms with Crippen molar-refractivity contribution < 1.29 is 9.59 Å². The van der Waals surface area contributed by atoms with Gasteiger partial charge in [0, 0.05) is 24.0 Å². The molecule has 1 aliphatic rings. The van der Waals surface area contributed by atoms with Crippen LogP contribution in [-0.2, 0) is 11.3 Å². The molecule has 1 aliphatic heterocycles. The topological polar surface area (TPSA) is 66.7 Å². The van der Waals surface area contributed by atoms with E-state index >= 15 is 0 Å². The molecule has 6 nitrogen and oxygen atoms in total. The van der Waals surface area contributed by atoms with Gasteiger partial charge in [-0.05, 0) is 43.5 Å². The number of nitrogens with one attached hydrogen (secondary N) is 1. The van der Waals surface area contributed by atoms with Crippen LogP contribution >= 0.6 is 11.3 Å². The van der Waals surface area contributed by atoms with Gasteiger partial charge in [-0.1, -0.05) is 13.0 Å². The summed E-state index contributed by atoms with van der Waals surface area (Å²) >= 11 is 1.49. The highest BCUT2D eigenvalue weighted by Crippen LogP contribution is 2.36. The van der Waals surface area contributed by atoms with Crippen molar-refractivity contribution in [2.45, 2.75) is 45.2 Å². The van der Waals surface area contributed by atoms with Crippen LogP contribution in [0.15, 0.2) is 42.7 Å². The Morgan fingerprint density at radius 1 is 1.29 bits per heavy atom. The van der Waals surface area contributed by atoms with Crippen molar-refractivity contribution in [3.63, 3.8) is 0 Å². The lowest BCUT2D eigenvalue weighted by molar-refractivity contribution is -0.132. The molecule has 3 aromatic heterocycles. The number of carbonyl (C=O) groups is 2. The van der Waals surface area contributed by atoms with Gasteiger partial charge >= 0.3 is 0 Å². The zero-order valence-corrected chi connectivity index (χ0v) is 16.7. The molecule has 0 saturated carbocycles. The predicted octanol–water partition coefficient (Wildman–Crippen LogP) is 3.79. The van der Waals surface area contributed by atoms with Gasteiger partial charge in [-0.25, -0.2) is 4.98 Å². The van der Waals surface area contributed by atoms with Crippen LogP contribution in [0.5, 0.6) is 0 Å². The monoisotopic (exact) mass is 396 g/mol. The van der Waals surface area contributed by atoms with Crippen molar-refractivity contribution >= 4 is 28.8 Å². The molecule has 0 aromatic carbocycles. The summed E-state index contributed by atoms with van der Waals surface area (Å²) in [5, 5.41) is 2.98. The second-order valence-electron chi connectivity index (χ2n) is 7.06. The quantitative estimate of drug-likeness (QED) is 0.689. The van der Waals surface area contributed by atoms with Crippen LogP contribution in [0.2, 0.25) is 0 Å². The maximum atomic E-state index is 12.6. The average Bonchev–Trinajstić information content (AvgIpc) is 3.45. The largest absolute Gasteiger partial charge is 0.346 e. The van der Waals surface area contributed by atoms with Gasteiger partial charge in [0.2, 0.25) is 5.91 Å². The van der Waals surface area contributed by atoms with Crippen LogP contribution in [-0.4, -0.2) is 32.6 Å². The van der Waals surface area contributed by atoms with Crippen LogP contribution < -0.4 is 5.32 Å². The Balaban J connectivity index is 1.42. The van der Waals surface area contributed by atoms with Gasteiger partial charge in [0.1, 0.15) is 5.65 Å². The molecule has 1 N–H and O–H groups in total. The number of carbonyl (C=O) groups excluding carboxylic acids is 2. The molecule has 0 aliphatic carbocycles. The summed E-state index contributed by atoms with van der Waals surface area (Å²) in [6, 6.07) is 9.79. The Morgan fingerprint density at radius 2 is 2.18 bits per heavy atom. The molecular formula is C21H24N4O2S. The zero-order chi connectivity index (χ0) is 19.5. The standard InChI is InChI=1S/C21H24N4O2S/c1-2-6-20(26)25-12-5-7-16(25)17-9-10-18(28-17)21(27)23-14-15-13-22-19-8-3-4-11-24(15)19/h3-4,8-11,13,16H,2,5-7,12,14H2,1H3,(H,23,27). The summed E-state index contributed by atoms with van der Waals surface area (Å²) in [5.74, 6) is 0.128. The normalized spacial score (nSPS) is 16.6. The van der Waals surface area contributed by atoms with E-state index in [1.54, 1.807) is 6.20 Å². The van der Waals surface area contributed by atoms with E-state index in [4.69, 9.17) is 0 Å². The third kappa shape index (κ3) is 3.67. The number of pyridine rings is 1. The predicted molar refractivity (Wildman–Crippen MR) is 109 cm³/mol. The number of hydrogen-bond acceptors (Lipinski definition) is 4. The molecular weight excluding hydrogens is 372 g/mol. The maximum Gasteiger partial charge on any atom is 0.261 e. The maximum absolute atomic E-state index is 12.6. The molecule has 2 amide bonds. The smallest absolute Gasteiger partial charge is 0.261 e. The number of rotatable bonds is 6. The number of fused-ring (bicyclic) bond motifs is 1. The van der Waals surface area contributed by atoms with E-state index in [0.717, 1.165) is 42.0 Å². The van der Waals surface area contributed by atoms with Crippen molar-refractivity contribution in [2.75, 3.05) is 6.54 Å². The summed E-state index contributed by atoms with van der Waals surface area (Å²) < 4.78 is 1.97. The zero-order valence-electron chi connectivity index (χ0n) is 15.9. The highest BCUT2D eigenvalue weighted by molar-refractivity contribution is 7.14. The van der Waals surface area contributed by atoms with E-state index in [1.807, 2.05) is 52.8 Å². The summed E-state index contributed by atoms with van der Waals surface area (Å²) in [5.41, 5.74) is 1.80. The summed E-state index contributed by atoms with van der Waals surface area (Å²) in [6.07, 6.45) is 7.17. The lowest BCUT2D eigenvalue weighted by Crippen LogP contribution is -2.29. The molecule has 1 unspecified atom stereocenters. The van der Waals surface area contributed by atoms with Gasteiger partial charge in [-0.15, -0.1) is 11.3 Å². The van der Waals surface area contributed by atoms with Gasteiger partial charge in [0.25, 0.3) is 5.91 Å². The molecule has 28 heavy (non-hydrogen) atoms. The highest BCUT2D eigenvalue weighted by Gasteiger charge is 2.30. The first-order valence-electron chi connectivity index (χ1n) is 9.75. The first kappa shape index (κ1) is 18.7. The van der Waals surface area contributed by atoms with E-state index in [2.05, 4.69) is 10.3 Å². The third-order valence-corrected chi connectivity index (χ3v) is 6.32. The molecule has 1 atom stereocenters. The molecule has 3 aromatic rings. The Hall–Kier alpha value is -2.67. The lowest BCUT2D eigenvalue weighted by Gasteiger charge is -2.23. The minimum atomic E-state index is -0.0911. The molecule has 1 saturated heterocycles. The number of hydrogen-bond donors (Lipinski definition) is 1. The molecule has 4 heterocycles. The SMILES string of the molecule is CCCC(=O)N1CCCC1c1ccc(C(=O)NCc2cnc3ccccn23)s1. The fourth-order valence-electron chi connectivity index (χ4n) is 3.75. The van der Waals surface area contributed by atoms with Crippen LogP contribution in [0, 0.1) is 0 Å². The second kappa shape index (κ2) is 8.14. The Morgan fingerprint density at radius 3 is 3.04 bits per heavy atom. The van der Waals surface area contributed by atoms with E-state index in [9.17, 15) is 9.59 Å². The van der Waals surface area contributed by atoms with Crippen molar-refractivity contribution in [2.24, 2.45) is 0 Å². The number of aromatic nitrogens is 2. The van der Waals surface area contributed by atoms with Gasteiger partial charge < -0.3 is 14.6 Å². The summed E-state index contributed by atoms with van der Waals surface area (Å²) in [7, 11) is 0. The third-order valence-electron chi connectivity index (χ3n) is 5.14. The van der Waals surface area contributed by atoms with Crippen LogP contribution in [0.4, 0.5) is 0 Å². The minimum absolute atomic E-state index is 0.0911. The lowest BCUT2D eigenvalue weighted by atomic mass is 10.1. The van der Waals surface area contributed by atoms with Gasteiger partial charge in [0.15, 0.2) is 0 Å². The van der Waals surface area contributed by atoms with Gasteiger partial charge in [0.05, 0.1) is 29.4 Å². The minimum Gasteiger partial charge on any atom is -0.346 e. The molecule has 0 spiro atoms. The fourth-order valence-corrected chi connectivity index (χ4v) is 4.82. The van der Waals surface area contributed by atoms with Crippen molar-refractivity contribution in [1.82, 2.24) is 19.6 Å². The number of imidazole rings is 1. The fraction of sp³-hybridized carbons (Fsp3) is 0.381. The van der Waals surface area contributed by atoms with Crippen molar-refractivity contribution in [1.29, 1.82) is 0 Å². The van der Waals surface area contributed by atoms with Gasteiger partial charge in [-0.2, -0.15) is 0 Å². The van der Waals surface area contributed by atoms with Crippen LogP contribution in [0.3, 0.4) is 0 Å². The van der Waals surface area contributed by atoms with Gasteiger partial charge in [-0.3, -0.25) is 9.59 Å². The Labute approximate surface area is 168 Å². The molecule has 146 valence electrons. The average molecular weight is 397 g/mol. The summed E-state index contributed by atoms with van der Waals surface area (Å²) in [6.45, 7) is 3.26. The van der Waals surface area contributed by atoms with Crippen molar-refractivity contribution in [3.8, 4) is 0 Å². The first-order valence-corrected chi connectivity index (χ1v) is 10.6. The highest BCUT2D eigenvalue weighted by atomic mass is 32.1. The molecule has 7 heteroatoms. The van der Waals surface area contributed by atoms with E-state index in [0.29, 0.717) is 17.8 Å². The summed E-state index contributed by atoms with van der Waals surface area (Å²) in [4.78, 5) is 33.1. The second-order valence-corrected chi connectivity index (χ2v) is 8.17. The van der Waals surface area contributed by atoms with E-state index in [-0.39, 0.29) is 17.9 Å². The first-order chi connectivity index (χ1) is 13.7. The molecule has 0 radical (unpaired) electrons.